The summed E-state index contributed by atoms with van der Waals surface area (Å²) in [6.45, 7) is 9.25. The minimum atomic E-state index is 0.130. The largest absolute Gasteiger partial charge is 0.292 e. The van der Waals surface area contributed by atoms with Crippen molar-refractivity contribution >= 4 is 17.5 Å². The Bertz CT molecular complexity index is 352. The predicted molar refractivity (Wildman–Crippen MR) is 69.1 cm³/mol. The molecule has 0 unspecified atom stereocenters. The van der Waals surface area contributed by atoms with Crippen molar-refractivity contribution in [3.05, 3.63) is 18.0 Å². The lowest BCUT2D eigenvalue weighted by Crippen LogP contribution is -2.16. The molecule has 0 atom stereocenters. The molecule has 16 heavy (non-hydrogen) atoms. The molecule has 0 saturated carbocycles. The van der Waals surface area contributed by atoms with Crippen LogP contribution >= 0.6 is 11.8 Å². The summed E-state index contributed by atoms with van der Waals surface area (Å²) in [6.07, 6.45) is 2.69. The highest BCUT2D eigenvalue weighted by Gasteiger charge is 2.16. The maximum atomic E-state index is 12.0. The Morgan fingerprint density at radius 2 is 2.19 bits per heavy atom. The van der Waals surface area contributed by atoms with Crippen LogP contribution in [0.2, 0.25) is 0 Å². The molecule has 0 fully saturated rings. The molecule has 0 aromatic carbocycles. The van der Waals surface area contributed by atoms with E-state index in [0.29, 0.717) is 5.75 Å². The Hall–Kier alpha value is -0.770. The number of thioether (sulfide) groups is 1. The maximum absolute atomic E-state index is 12.0. The van der Waals surface area contributed by atoms with Crippen molar-refractivity contribution in [3.8, 4) is 0 Å². The molecule has 0 spiro atoms. The van der Waals surface area contributed by atoms with Gasteiger partial charge in [0.2, 0.25) is 0 Å². The van der Waals surface area contributed by atoms with Gasteiger partial charge in [0.25, 0.3) is 0 Å². The smallest absolute Gasteiger partial charge is 0.190 e. The average molecular weight is 240 g/mol. The first-order chi connectivity index (χ1) is 7.44. The standard InChI is InChI=1S/C12H20N2OS/c1-5-8-14-10(6-7-13-14)11(15)9-16-12(2,3)4/h6-7H,5,8-9H2,1-4H3. The molecule has 0 aliphatic heterocycles. The molecular weight excluding hydrogens is 220 g/mol. The summed E-state index contributed by atoms with van der Waals surface area (Å²) >= 11 is 1.68. The summed E-state index contributed by atoms with van der Waals surface area (Å²) in [6, 6.07) is 1.81. The SMILES string of the molecule is CCCn1nccc1C(=O)CSC(C)(C)C. The second-order valence-electron chi connectivity index (χ2n) is 4.76. The van der Waals surface area contributed by atoms with Crippen molar-refractivity contribution in [2.45, 2.75) is 45.4 Å². The van der Waals surface area contributed by atoms with E-state index in [1.807, 2.05) is 0 Å². The van der Waals surface area contributed by atoms with Crippen molar-refractivity contribution in [2.24, 2.45) is 0 Å². The van der Waals surface area contributed by atoms with Crippen LogP contribution in [0, 0.1) is 0 Å². The van der Waals surface area contributed by atoms with E-state index >= 15 is 0 Å². The van der Waals surface area contributed by atoms with Gasteiger partial charge >= 0.3 is 0 Å². The fraction of sp³-hybridized carbons (Fsp3) is 0.667. The van der Waals surface area contributed by atoms with Crippen molar-refractivity contribution in [2.75, 3.05) is 5.75 Å². The summed E-state index contributed by atoms with van der Waals surface area (Å²) in [7, 11) is 0. The zero-order valence-electron chi connectivity index (χ0n) is 10.5. The predicted octanol–water partition coefficient (Wildman–Crippen LogP) is 3.01. The molecule has 0 N–H and O–H groups in total. The van der Waals surface area contributed by atoms with Crippen LogP contribution in [0.3, 0.4) is 0 Å². The highest BCUT2D eigenvalue weighted by molar-refractivity contribution is 8.01. The average Bonchev–Trinajstić information content (AvgIpc) is 2.62. The Morgan fingerprint density at radius 1 is 1.50 bits per heavy atom. The van der Waals surface area contributed by atoms with Gasteiger partial charge in [0, 0.05) is 17.5 Å². The minimum Gasteiger partial charge on any atom is -0.292 e. The van der Waals surface area contributed by atoms with Crippen LogP contribution in [0.5, 0.6) is 0 Å². The summed E-state index contributed by atoms with van der Waals surface area (Å²) in [5.41, 5.74) is 0.735. The van der Waals surface area contributed by atoms with Crippen molar-refractivity contribution < 1.29 is 4.79 Å². The number of carbonyl (C=O) groups is 1. The molecule has 90 valence electrons. The van der Waals surface area contributed by atoms with E-state index in [1.165, 1.54) is 0 Å². The molecule has 0 saturated heterocycles. The van der Waals surface area contributed by atoms with Crippen LogP contribution in [0.15, 0.2) is 12.3 Å². The van der Waals surface area contributed by atoms with Crippen LogP contribution in [-0.4, -0.2) is 26.1 Å². The fourth-order valence-electron chi connectivity index (χ4n) is 1.32. The van der Waals surface area contributed by atoms with Gasteiger partial charge in [-0.1, -0.05) is 27.7 Å². The third-order valence-electron chi connectivity index (χ3n) is 2.07. The topological polar surface area (TPSA) is 34.9 Å². The fourth-order valence-corrected chi connectivity index (χ4v) is 2.03. The van der Waals surface area contributed by atoms with Crippen LogP contribution < -0.4 is 0 Å². The Labute approximate surface area is 102 Å². The van der Waals surface area contributed by atoms with Gasteiger partial charge in [-0.15, -0.1) is 11.8 Å². The molecule has 1 heterocycles. The molecule has 1 rings (SSSR count). The maximum Gasteiger partial charge on any atom is 0.190 e. The number of carbonyl (C=O) groups excluding carboxylic acids is 1. The van der Waals surface area contributed by atoms with E-state index in [1.54, 1.807) is 28.7 Å². The third kappa shape index (κ3) is 4.00. The molecule has 1 aromatic heterocycles. The van der Waals surface area contributed by atoms with Gasteiger partial charge in [0.05, 0.1) is 5.75 Å². The van der Waals surface area contributed by atoms with E-state index in [-0.39, 0.29) is 10.5 Å². The second kappa shape index (κ2) is 5.53. The van der Waals surface area contributed by atoms with E-state index in [4.69, 9.17) is 0 Å². The number of Topliss-reactive ketones (excluding diaryl/α,β-unsaturated/α-hetero) is 1. The molecule has 0 aliphatic carbocycles. The van der Waals surface area contributed by atoms with Gasteiger partial charge in [-0.05, 0) is 12.5 Å². The van der Waals surface area contributed by atoms with Crippen LogP contribution in [0.1, 0.15) is 44.6 Å². The number of aryl methyl sites for hydroxylation is 1. The second-order valence-corrected chi connectivity index (χ2v) is 6.57. The van der Waals surface area contributed by atoms with Gasteiger partial charge in [-0.25, -0.2) is 0 Å². The van der Waals surface area contributed by atoms with Gasteiger partial charge in [-0.3, -0.25) is 9.48 Å². The van der Waals surface area contributed by atoms with Crippen molar-refractivity contribution in [1.29, 1.82) is 0 Å². The first-order valence-corrected chi connectivity index (χ1v) is 6.61. The molecule has 0 bridgehead atoms. The first kappa shape index (κ1) is 13.3. The monoisotopic (exact) mass is 240 g/mol. The first-order valence-electron chi connectivity index (χ1n) is 5.63. The number of rotatable bonds is 5. The highest BCUT2D eigenvalue weighted by Crippen LogP contribution is 2.23. The number of aromatic nitrogens is 2. The van der Waals surface area contributed by atoms with Crippen LogP contribution in [-0.2, 0) is 6.54 Å². The summed E-state index contributed by atoms with van der Waals surface area (Å²) < 4.78 is 1.93. The van der Waals surface area contributed by atoms with E-state index in [2.05, 4.69) is 32.8 Å². The van der Waals surface area contributed by atoms with Crippen LogP contribution in [0.25, 0.3) is 0 Å². The minimum absolute atomic E-state index is 0.130. The lowest BCUT2D eigenvalue weighted by molar-refractivity contribution is 0.101. The highest BCUT2D eigenvalue weighted by atomic mass is 32.2. The van der Waals surface area contributed by atoms with Crippen molar-refractivity contribution in [3.63, 3.8) is 0 Å². The molecular formula is C12H20N2OS. The molecule has 3 nitrogen and oxygen atoms in total. The van der Waals surface area contributed by atoms with Crippen LogP contribution in [0.4, 0.5) is 0 Å². The molecule has 1 aromatic rings. The number of nitrogens with zero attached hydrogens (tertiary/aromatic N) is 2. The van der Waals surface area contributed by atoms with E-state index < -0.39 is 0 Å². The van der Waals surface area contributed by atoms with E-state index in [0.717, 1.165) is 18.7 Å². The van der Waals surface area contributed by atoms with Gasteiger partial charge in [-0.2, -0.15) is 5.10 Å². The molecule has 4 heteroatoms. The quantitative estimate of drug-likeness (QED) is 0.742. The molecule has 0 radical (unpaired) electrons. The molecule has 0 aliphatic rings. The molecule has 0 amide bonds. The van der Waals surface area contributed by atoms with Crippen molar-refractivity contribution in [1.82, 2.24) is 9.78 Å². The summed E-state index contributed by atoms with van der Waals surface area (Å²) in [5, 5.41) is 4.16. The lowest BCUT2D eigenvalue weighted by Gasteiger charge is -2.16. The van der Waals surface area contributed by atoms with E-state index in [9.17, 15) is 4.79 Å². The zero-order chi connectivity index (χ0) is 12.2. The number of hydrogen-bond acceptors (Lipinski definition) is 3. The summed E-state index contributed by atoms with van der Waals surface area (Å²) in [5.74, 6) is 0.699. The zero-order valence-corrected chi connectivity index (χ0v) is 11.3. The third-order valence-corrected chi connectivity index (χ3v) is 3.35. The number of ketones is 1. The Morgan fingerprint density at radius 3 is 2.75 bits per heavy atom. The van der Waals surface area contributed by atoms with Gasteiger partial charge < -0.3 is 0 Å². The normalized spacial score (nSPS) is 11.8. The number of hydrogen-bond donors (Lipinski definition) is 0. The summed E-state index contributed by atoms with van der Waals surface area (Å²) in [4.78, 5) is 12.0. The lowest BCUT2D eigenvalue weighted by atomic mass is 10.3. The van der Waals surface area contributed by atoms with Gasteiger partial charge in [0.15, 0.2) is 5.78 Å². The Kier molecular flexibility index (Phi) is 4.59. The van der Waals surface area contributed by atoms with Gasteiger partial charge in [0.1, 0.15) is 5.69 Å². The Balaban J connectivity index is 2.62.